The molecule has 0 aromatic rings. The number of rotatable bonds is 7. The van der Waals surface area contributed by atoms with Gasteiger partial charge in [0.15, 0.2) is 0 Å². The summed E-state index contributed by atoms with van der Waals surface area (Å²) in [4.78, 5) is 4.87. The van der Waals surface area contributed by atoms with Gasteiger partial charge < -0.3 is 4.90 Å². The molecule has 0 aliphatic carbocycles. The van der Waals surface area contributed by atoms with E-state index in [4.69, 9.17) is 0 Å². The van der Waals surface area contributed by atoms with E-state index in [9.17, 15) is 0 Å². The molecule has 0 amide bonds. The van der Waals surface area contributed by atoms with E-state index in [0.29, 0.717) is 18.1 Å². The molecule has 0 rings (SSSR count). The zero-order chi connectivity index (χ0) is 12.0. The lowest BCUT2D eigenvalue weighted by Crippen LogP contribution is -2.43. The first-order valence-electron chi connectivity index (χ1n) is 6.28. The van der Waals surface area contributed by atoms with Crippen molar-refractivity contribution in [2.75, 3.05) is 20.6 Å². The van der Waals surface area contributed by atoms with E-state index in [0.717, 1.165) is 0 Å². The number of nitrogens with zero attached hydrogens (tertiary/aromatic N) is 2. The van der Waals surface area contributed by atoms with Crippen LogP contribution < -0.4 is 0 Å². The fourth-order valence-corrected chi connectivity index (χ4v) is 2.47. The van der Waals surface area contributed by atoms with Crippen molar-refractivity contribution in [2.45, 2.75) is 65.6 Å². The largest absolute Gasteiger partial charge is 0.309 e. The fraction of sp³-hybridized carbons (Fsp3) is 1.00. The van der Waals surface area contributed by atoms with E-state index < -0.39 is 0 Å². The summed E-state index contributed by atoms with van der Waals surface area (Å²) in [6.07, 6.45) is 2.60. The highest BCUT2D eigenvalue weighted by molar-refractivity contribution is 4.74. The minimum atomic E-state index is 0.652. The average molecular weight is 214 g/mol. The lowest BCUT2D eigenvalue weighted by atomic mass is 10.1. The van der Waals surface area contributed by atoms with Crippen LogP contribution in [0.3, 0.4) is 0 Å². The highest BCUT2D eigenvalue weighted by atomic mass is 15.2. The van der Waals surface area contributed by atoms with Crippen molar-refractivity contribution in [3.05, 3.63) is 0 Å². The third kappa shape index (κ3) is 6.16. The highest BCUT2D eigenvalue weighted by Gasteiger charge is 2.19. The maximum atomic E-state index is 2.61. The van der Waals surface area contributed by atoms with Crippen molar-refractivity contribution >= 4 is 0 Å². The first-order valence-corrected chi connectivity index (χ1v) is 6.28. The van der Waals surface area contributed by atoms with E-state index >= 15 is 0 Å². The Morgan fingerprint density at radius 3 is 1.67 bits per heavy atom. The summed E-state index contributed by atoms with van der Waals surface area (Å²) in [6, 6.07) is 2.00. The Bertz CT molecular complexity index is 145. The first kappa shape index (κ1) is 14.9. The quantitative estimate of drug-likeness (QED) is 0.643. The molecule has 0 aliphatic heterocycles. The van der Waals surface area contributed by atoms with Crippen molar-refractivity contribution in [1.29, 1.82) is 0 Å². The van der Waals surface area contributed by atoms with E-state index in [2.05, 4.69) is 58.5 Å². The molecule has 0 heterocycles. The molecule has 0 aliphatic rings. The van der Waals surface area contributed by atoms with Crippen LogP contribution in [0.5, 0.6) is 0 Å². The molecule has 0 aromatic carbocycles. The molecule has 0 spiro atoms. The van der Waals surface area contributed by atoms with Gasteiger partial charge in [-0.05, 0) is 68.1 Å². The van der Waals surface area contributed by atoms with Crippen LogP contribution in [0.4, 0.5) is 0 Å². The van der Waals surface area contributed by atoms with Gasteiger partial charge in [-0.25, -0.2) is 0 Å². The fourth-order valence-electron chi connectivity index (χ4n) is 2.47. The normalized spacial score (nSPS) is 14.6. The smallest absolute Gasteiger partial charge is 0.00728 e. The van der Waals surface area contributed by atoms with Crippen molar-refractivity contribution in [2.24, 2.45) is 0 Å². The van der Waals surface area contributed by atoms with Gasteiger partial charge in [0.25, 0.3) is 0 Å². The highest BCUT2D eigenvalue weighted by Crippen LogP contribution is 2.14. The second-order valence-corrected chi connectivity index (χ2v) is 5.43. The molecule has 2 nitrogen and oxygen atoms in total. The van der Waals surface area contributed by atoms with Crippen LogP contribution in [0.15, 0.2) is 0 Å². The maximum Gasteiger partial charge on any atom is 0.00728 e. The monoisotopic (exact) mass is 214 g/mol. The molecule has 1 unspecified atom stereocenters. The summed E-state index contributed by atoms with van der Waals surface area (Å²) in [5, 5.41) is 0. The molecule has 0 saturated heterocycles. The van der Waals surface area contributed by atoms with Crippen molar-refractivity contribution < 1.29 is 0 Å². The predicted octanol–water partition coefficient (Wildman–Crippen LogP) is 2.84. The van der Waals surface area contributed by atoms with Crippen LogP contribution in [0.2, 0.25) is 0 Å². The molecule has 0 fully saturated rings. The molecule has 0 bridgehead atoms. The first-order chi connectivity index (χ1) is 6.86. The Morgan fingerprint density at radius 2 is 1.33 bits per heavy atom. The van der Waals surface area contributed by atoms with Crippen LogP contribution >= 0.6 is 0 Å². The Balaban J connectivity index is 3.98. The van der Waals surface area contributed by atoms with Gasteiger partial charge in [-0.2, -0.15) is 0 Å². The standard InChI is InChI=1S/C13H30N2/c1-11(2)15(12(3)4)13(5)9-8-10-14(6)7/h11-13H,8-10H2,1-7H3. The molecule has 1 atom stereocenters. The Labute approximate surface area is 96.6 Å². The molecule has 0 radical (unpaired) electrons. The van der Waals surface area contributed by atoms with E-state index in [1.165, 1.54) is 19.4 Å². The van der Waals surface area contributed by atoms with Gasteiger partial charge in [0.2, 0.25) is 0 Å². The molecule has 92 valence electrons. The third-order valence-electron chi connectivity index (χ3n) is 2.93. The summed E-state index contributed by atoms with van der Waals surface area (Å²) in [5.41, 5.74) is 0. The van der Waals surface area contributed by atoms with Crippen LogP contribution in [-0.2, 0) is 0 Å². The molecule has 2 heteroatoms. The maximum absolute atomic E-state index is 2.61. The topological polar surface area (TPSA) is 6.48 Å². The minimum Gasteiger partial charge on any atom is -0.309 e. The zero-order valence-corrected chi connectivity index (χ0v) is 11.7. The van der Waals surface area contributed by atoms with E-state index in [1.54, 1.807) is 0 Å². The lowest BCUT2D eigenvalue weighted by Gasteiger charge is -2.36. The zero-order valence-electron chi connectivity index (χ0n) is 11.7. The summed E-state index contributed by atoms with van der Waals surface area (Å²) >= 11 is 0. The molecule has 15 heavy (non-hydrogen) atoms. The third-order valence-corrected chi connectivity index (χ3v) is 2.93. The molecule has 0 aromatic heterocycles. The molecule has 0 saturated carbocycles. The van der Waals surface area contributed by atoms with Gasteiger partial charge in [-0.3, -0.25) is 4.90 Å². The number of hydrogen-bond donors (Lipinski definition) is 0. The van der Waals surface area contributed by atoms with Crippen molar-refractivity contribution in [1.82, 2.24) is 9.80 Å². The van der Waals surface area contributed by atoms with Crippen LogP contribution in [-0.4, -0.2) is 48.6 Å². The van der Waals surface area contributed by atoms with Gasteiger partial charge >= 0.3 is 0 Å². The Kier molecular flexibility index (Phi) is 7.20. The lowest BCUT2D eigenvalue weighted by molar-refractivity contribution is 0.113. The Hall–Kier alpha value is -0.0800. The second kappa shape index (κ2) is 7.24. The average Bonchev–Trinajstić information content (AvgIpc) is 2.01. The summed E-state index contributed by atoms with van der Waals surface area (Å²) in [6.45, 7) is 12.7. The predicted molar refractivity (Wildman–Crippen MR) is 69.4 cm³/mol. The summed E-state index contributed by atoms with van der Waals surface area (Å²) < 4.78 is 0. The van der Waals surface area contributed by atoms with Gasteiger partial charge in [-0.15, -0.1) is 0 Å². The van der Waals surface area contributed by atoms with Crippen LogP contribution in [0.1, 0.15) is 47.5 Å². The van der Waals surface area contributed by atoms with Gasteiger partial charge in [-0.1, -0.05) is 0 Å². The van der Waals surface area contributed by atoms with Crippen LogP contribution in [0, 0.1) is 0 Å². The van der Waals surface area contributed by atoms with E-state index in [1.807, 2.05) is 0 Å². The van der Waals surface area contributed by atoms with Crippen molar-refractivity contribution in [3.8, 4) is 0 Å². The SMILES string of the molecule is CC(C)N(C(C)C)C(C)CCCN(C)C. The van der Waals surface area contributed by atoms with E-state index in [-0.39, 0.29) is 0 Å². The van der Waals surface area contributed by atoms with Gasteiger partial charge in [0.1, 0.15) is 0 Å². The molecule has 0 N–H and O–H groups in total. The van der Waals surface area contributed by atoms with Gasteiger partial charge in [0.05, 0.1) is 0 Å². The molecular formula is C13H30N2. The summed E-state index contributed by atoms with van der Waals surface area (Å²) in [5.74, 6) is 0. The minimum absolute atomic E-state index is 0.652. The van der Waals surface area contributed by atoms with Gasteiger partial charge in [0, 0.05) is 18.1 Å². The van der Waals surface area contributed by atoms with Crippen molar-refractivity contribution in [3.63, 3.8) is 0 Å². The molecular weight excluding hydrogens is 184 g/mol. The Morgan fingerprint density at radius 1 is 0.867 bits per heavy atom. The number of hydrogen-bond acceptors (Lipinski definition) is 2. The second-order valence-electron chi connectivity index (χ2n) is 5.43. The van der Waals surface area contributed by atoms with Crippen LogP contribution in [0.25, 0.3) is 0 Å². The summed E-state index contributed by atoms with van der Waals surface area (Å²) in [7, 11) is 4.29.